The molecule has 0 aliphatic carbocycles. The first-order chi connectivity index (χ1) is 14.0. The molecule has 0 aliphatic rings. The zero-order valence-corrected chi connectivity index (χ0v) is 17.6. The zero-order chi connectivity index (χ0) is 21.1. The Labute approximate surface area is 177 Å². The molecule has 0 unspecified atom stereocenters. The maximum Gasteiger partial charge on any atom is 0.269 e. The van der Waals surface area contributed by atoms with Gasteiger partial charge in [0.1, 0.15) is 5.75 Å². The second kappa shape index (κ2) is 11.8. The number of ether oxygens (including phenoxy) is 1. The summed E-state index contributed by atoms with van der Waals surface area (Å²) in [5, 5.41) is 2.53. The molecule has 0 spiro atoms. The second-order valence-corrected chi connectivity index (χ2v) is 7.07. The second-order valence-electron chi connectivity index (χ2n) is 6.67. The van der Waals surface area contributed by atoms with Crippen LogP contribution in [-0.4, -0.2) is 23.5 Å². The van der Waals surface area contributed by atoms with Crippen molar-refractivity contribution < 1.29 is 14.3 Å². The summed E-state index contributed by atoms with van der Waals surface area (Å²) in [4.78, 5) is 24.3. The van der Waals surface area contributed by atoms with Crippen LogP contribution in [0.15, 0.2) is 48.5 Å². The molecule has 0 atom stereocenters. The maximum atomic E-state index is 12.2. The van der Waals surface area contributed by atoms with Crippen LogP contribution < -0.4 is 20.9 Å². The smallest absolute Gasteiger partial charge is 0.269 e. The molecular formula is C22H27N3O3S. The first-order valence-corrected chi connectivity index (χ1v) is 10.1. The first-order valence-electron chi connectivity index (χ1n) is 9.71. The minimum Gasteiger partial charge on any atom is -0.494 e. The van der Waals surface area contributed by atoms with E-state index in [1.165, 1.54) is 12.8 Å². The van der Waals surface area contributed by atoms with Crippen molar-refractivity contribution in [3.63, 3.8) is 0 Å². The lowest BCUT2D eigenvalue weighted by molar-refractivity contribution is 0.0934. The molecule has 154 valence electrons. The van der Waals surface area contributed by atoms with Crippen LogP contribution in [0.5, 0.6) is 5.75 Å². The van der Waals surface area contributed by atoms with E-state index < -0.39 is 0 Å². The number of nitrogens with one attached hydrogen (secondary N) is 3. The Balaban J connectivity index is 1.75. The molecule has 0 fully saturated rings. The van der Waals surface area contributed by atoms with Crippen molar-refractivity contribution >= 4 is 29.1 Å². The Hall–Kier alpha value is -2.93. The fourth-order valence-corrected chi connectivity index (χ4v) is 2.74. The third-order valence-corrected chi connectivity index (χ3v) is 4.38. The largest absolute Gasteiger partial charge is 0.494 e. The molecule has 0 saturated heterocycles. The molecule has 2 amide bonds. The van der Waals surface area contributed by atoms with Crippen molar-refractivity contribution in [2.75, 3.05) is 6.61 Å². The summed E-state index contributed by atoms with van der Waals surface area (Å²) >= 11 is 5.05. The van der Waals surface area contributed by atoms with Gasteiger partial charge in [-0.3, -0.25) is 25.8 Å². The Morgan fingerprint density at radius 2 is 1.69 bits per heavy atom. The van der Waals surface area contributed by atoms with Crippen molar-refractivity contribution in [2.45, 2.75) is 39.5 Å². The highest BCUT2D eigenvalue weighted by molar-refractivity contribution is 7.80. The van der Waals surface area contributed by atoms with Gasteiger partial charge >= 0.3 is 0 Å². The predicted molar refractivity (Wildman–Crippen MR) is 118 cm³/mol. The molecule has 0 aliphatic heterocycles. The van der Waals surface area contributed by atoms with Crippen molar-refractivity contribution in [1.29, 1.82) is 0 Å². The number of hydrogen-bond donors (Lipinski definition) is 3. The highest BCUT2D eigenvalue weighted by Crippen LogP contribution is 2.13. The van der Waals surface area contributed by atoms with Crippen LogP contribution in [0.4, 0.5) is 0 Å². The molecule has 2 aromatic rings. The summed E-state index contributed by atoms with van der Waals surface area (Å²) < 4.78 is 5.66. The van der Waals surface area contributed by atoms with Crippen LogP contribution >= 0.6 is 12.2 Å². The summed E-state index contributed by atoms with van der Waals surface area (Å²) in [6.07, 6.45) is 4.58. The summed E-state index contributed by atoms with van der Waals surface area (Å²) in [6, 6.07) is 14.0. The lowest BCUT2D eigenvalue weighted by atomic mass is 10.1. The van der Waals surface area contributed by atoms with Gasteiger partial charge in [0, 0.05) is 11.1 Å². The standard InChI is InChI=1S/C22H27N3O3S/c1-3-4-5-6-14-28-19-12-10-17(11-13-19)21(27)24-25-22(29)23-20(26)18-9-7-8-16(2)15-18/h7-13,15H,3-6,14H2,1-2H3,(H,24,27)(H2,23,25,26,29). The van der Waals surface area contributed by atoms with Gasteiger partial charge in [-0.25, -0.2) is 0 Å². The van der Waals surface area contributed by atoms with Gasteiger partial charge in [-0.05, 0) is 62.0 Å². The fraction of sp³-hybridized carbons (Fsp3) is 0.318. The summed E-state index contributed by atoms with van der Waals surface area (Å²) in [6.45, 7) is 4.74. The maximum absolute atomic E-state index is 12.2. The van der Waals surface area contributed by atoms with E-state index in [2.05, 4.69) is 23.1 Å². The Morgan fingerprint density at radius 3 is 2.38 bits per heavy atom. The van der Waals surface area contributed by atoms with Crippen LogP contribution in [0.25, 0.3) is 0 Å². The molecule has 29 heavy (non-hydrogen) atoms. The Bertz CT molecular complexity index is 837. The molecule has 0 heterocycles. The van der Waals surface area contributed by atoms with Crippen LogP contribution in [0.2, 0.25) is 0 Å². The number of thiocarbonyl (C=S) groups is 1. The van der Waals surface area contributed by atoms with E-state index in [1.54, 1.807) is 42.5 Å². The van der Waals surface area contributed by atoms with E-state index in [-0.39, 0.29) is 16.9 Å². The van der Waals surface area contributed by atoms with Crippen LogP contribution in [0, 0.1) is 6.92 Å². The number of carbonyl (C=O) groups excluding carboxylic acids is 2. The number of unbranched alkanes of at least 4 members (excludes halogenated alkanes) is 3. The fourth-order valence-electron chi connectivity index (χ4n) is 2.60. The van der Waals surface area contributed by atoms with Crippen molar-refractivity contribution in [3.05, 3.63) is 65.2 Å². The van der Waals surface area contributed by atoms with E-state index in [1.807, 2.05) is 13.0 Å². The minimum absolute atomic E-state index is 0.0110. The number of benzene rings is 2. The van der Waals surface area contributed by atoms with Crippen molar-refractivity contribution in [2.24, 2.45) is 0 Å². The molecule has 0 saturated carbocycles. The third-order valence-electron chi connectivity index (χ3n) is 4.18. The summed E-state index contributed by atoms with van der Waals surface area (Å²) in [5.74, 6) is 0.0134. The van der Waals surface area contributed by atoms with Crippen LogP contribution in [-0.2, 0) is 0 Å². The summed E-state index contributed by atoms with van der Waals surface area (Å²) in [5.41, 5.74) is 6.91. The van der Waals surface area contributed by atoms with Gasteiger partial charge < -0.3 is 4.74 Å². The van der Waals surface area contributed by atoms with E-state index in [0.717, 1.165) is 24.2 Å². The lowest BCUT2D eigenvalue weighted by Gasteiger charge is -2.11. The molecule has 2 aromatic carbocycles. The minimum atomic E-state index is -0.369. The van der Waals surface area contributed by atoms with E-state index in [0.29, 0.717) is 17.7 Å². The quantitative estimate of drug-likeness (QED) is 0.347. The topological polar surface area (TPSA) is 79.5 Å². The van der Waals surface area contributed by atoms with Gasteiger partial charge in [0.2, 0.25) is 0 Å². The number of carbonyl (C=O) groups is 2. The highest BCUT2D eigenvalue weighted by atomic mass is 32.1. The van der Waals surface area contributed by atoms with Crippen molar-refractivity contribution in [1.82, 2.24) is 16.2 Å². The average molecular weight is 414 g/mol. The summed E-state index contributed by atoms with van der Waals surface area (Å²) in [7, 11) is 0. The molecule has 6 nitrogen and oxygen atoms in total. The van der Waals surface area contributed by atoms with E-state index >= 15 is 0 Å². The van der Waals surface area contributed by atoms with Crippen molar-refractivity contribution in [3.8, 4) is 5.75 Å². The van der Waals surface area contributed by atoms with Gasteiger partial charge in [-0.2, -0.15) is 0 Å². The molecule has 0 radical (unpaired) electrons. The number of hydrazine groups is 1. The molecule has 0 bridgehead atoms. The van der Waals surface area contributed by atoms with Gasteiger partial charge in [-0.1, -0.05) is 43.9 Å². The Morgan fingerprint density at radius 1 is 0.931 bits per heavy atom. The van der Waals surface area contributed by atoms with E-state index in [9.17, 15) is 9.59 Å². The number of rotatable bonds is 8. The lowest BCUT2D eigenvalue weighted by Crippen LogP contribution is -2.48. The highest BCUT2D eigenvalue weighted by Gasteiger charge is 2.10. The number of hydrogen-bond acceptors (Lipinski definition) is 4. The van der Waals surface area contributed by atoms with Crippen LogP contribution in [0.3, 0.4) is 0 Å². The SMILES string of the molecule is CCCCCCOc1ccc(C(=O)NNC(=S)NC(=O)c2cccc(C)c2)cc1. The molecule has 7 heteroatoms. The number of aryl methyl sites for hydroxylation is 1. The molecular weight excluding hydrogens is 386 g/mol. The average Bonchev–Trinajstić information content (AvgIpc) is 2.72. The van der Waals surface area contributed by atoms with E-state index in [4.69, 9.17) is 17.0 Å². The monoisotopic (exact) mass is 413 g/mol. The van der Waals surface area contributed by atoms with Gasteiger partial charge in [-0.15, -0.1) is 0 Å². The Kier molecular flexibility index (Phi) is 9.11. The molecule has 0 aromatic heterocycles. The zero-order valence-electron chi connectivity index (χ0n) is 16.8. The first kappa shape index (κ1) is 22.4. The predicted octanol–water partition coefficient (Wildman–Crippen LogP) is 3.90. The van der Waals surface area contributed by atoms with Gasteiger partial charge in [0.25, 0.3) is 11.8 Å². The van der Waals surface area contributed by atoms with Gasteiger partial charge in [0.05, 0.1) is 6.61 Å². The van der Waals surface area contributed by atoms with Gasteiger partial charge in [0.15, 0.2) is 5.11 Å². The van der Waals surface area contributed by atoms with Crippen LogP contribution in [0.1, 0.15) is 58.9 Å². The third kappa shape index (κ3) is 7.91. The molecule has 2 rings (SSSR count). The normalized spacial score (nSPS) is 10.1. The molecule has 3 N–H and O–H groups in total. The number of amides is 2.